The van der Waals surface area contributed by atoms with Crippen molar-refractivity contribution in [1.29, 1.82) is 0 Å². The summed E-state index contributed by atoms with van der Waals surface area (Å²) in [6.45, 7) is 2.15. The maximum Gasteiger partial charge on any atom is 0.240 e. The van der Waals surface area contributed by atoms with E-state index in [4.69, 9.17) is 5.11 Å². The Hall–Kier alpha value is -1.39. The largest absolute Gasteiger partial charge is 0.384 e. The van der Waals surface area contributed by atoms with Gasteiger partial charge in [0.05, 0.1) is 4.90 Å². The van der Waals surface area contributed by atoms with Gasteiger partial charge in [0, 0.05) is 18.7 Å². The van der Waals surface area contributed by atoms with Crippen LogP contribution in [0.25, 0.3) is 0 Å². The summed E-state index contributed by atoms with van der Waals surface area (Å²) in [5.74, 6) is 5.58. The number of rotatable bonds is 4. The molecule has 1 aliphatic rings. The molecule has 5 nitrogen and oxygen atoms in total. The second-order valence-electron chi connectivity index (χ2n) is 5.26. The van der Waals surface area contributed by atoms with E-state index >= 15 is 0 Å². The van der Waals surface area contributed by atoms with Crippen LogP contribution in [-0.4, -0.2) is 51.7 Å². The summed E-state index contributed by atoms with van der Waals surface area (Å²) < 4.78 is 27.2. The summed E-state index contributed by atoms with van der Waals surface area (Å²) in [6.07, 6.45) is 1.01. The molecule has 1 saturated heterocycles. The van der Waals surface area contributed by atoms with Crippen molar-refractivity contribution >= 4 is 10.0 Å². The minimum atomic E-state index is -3.51. The van der Waals surface area contributed by atoms with E-state index in [0.717, 1.165) is 19.5 Å². The monoisotopic (exact) mass is 308 g/mol. The van der Waals surface area contributed by atoms with Gasteiger partial charge in [-0.25, -0.2) is 13.1 Å². The molecule has 21 heavy (non-hydrogen) atoms. The van der Waals surface area contributed by atoms with Gasteiger partial charge in [-0.15, -0.1) is 0 Å². The van der Waals surface area contributed by atoms with Crippen LogP contribution in [0.1, 0.15) is 12.0 Å². The number of aliphatic hydroxyl groups excluding tert-OH is 1. The molecule has 0 aliphatic carbocycles. The standard InChI is InChI=1S/C15H20N2O3S/c1-17-8-7-14(12-17)11-16-21(19,20)15-6-2-4-13(10-15)5-3-9-18/h2,4,6,10,14,16,18H,7-9,11-12H2,1H3. The third-order valence-electron chi connectivity index (χ3n) is 3.51. The zero-order valence-corrected chi connectivity index (χ0v) is 12.9. The molecule has 114 valence electrons. The van der Waals surface area contributed by atoms with Crippen LogP contribution in [0.2, 0.25) is 0 Å². The van der Waals surface area contributed by atoms with Crippen molar-refractivity contribution in [2.45, 2.75) is 11.3 Å². The van der Waals surface area contributed by atoms with Crippen molar-refractivity contribution in [2.75, 3.05) is 33.3 Å². The lowest BCUT2D eigenvalue weighted by atomic mass is 10.1. The first-order valence-corrected chi connectivity index (χ1v) is 8.37. The predicted molar refractivity (Wildman–Crippen MR) is 81.2 cm³/mol. The lowest BCUT2D eigenvalue weighted by Gasteiger charge is -2.12. The molecule has 0 amide bonds. The number of hydrogen-bond donors (Lipinski definition) is 2. The zero-order chi connectivity index (χ0) is 15.3. The van der Waals surface area contributed by atoms with Crippen LogP contribution in [0.5, 0.6) is 0 Å². The first kappa shape index (κ1) is 16.0. The first-order chi connectivity index (χ1) is 10.0. The van der Waals surface area contributed by atoms with E-state index < -0.39 is 10.0 Å². The predicted octanol–water partition coefficient (Wildman–Crippen LogP) is 0.260. The van der Waals surface area contributed by atoms with Crippen LogP contribution >= 0.6 is 0 Å². The van der Waals surface area contributed by atoms with E-state index in [-0.39, 0.29) is 11.5 Å². The summed E-state index contributed by atoms with van der Waals surface area (Å²) in [7, 11) is -1.47. The third kappa shape index (κ3) is 4.55. The summed E-state index contributed by atoms with van der Waals surface area (Å²) in [4.78, 5) is 2.41. The SMILES string of the molecule is CN1CCC(CNS(=O)(=O)c2cccc(C#CCO)c2)C1. The summed E-state index contributed by atoms with van der Waals surface area (Å²) in [5.41, 5.74) is 0.576. The molecule has 6 heteroatoms. The highest BCUT2D eigenvalue weighted by atomic mass is 32.2. The van der Waals surface area contributed by atoms with Gasteiger partial charge >= 0.3 is 0 Å². The van der Waals surface area contributed by atoms with Gasteiger partial charge in [0.15, 0.2) is 0 Å². The van der Waals surface area contributed by atoms with E-state index in [9.17, 15) is 8.42 Å². The smallest absolute Gasteiger partial charge is 0.240 e. The van der Waals surface area contributed by atoms with Crippen LogP contribution in [0.4, 0.5) is 0 Å². The maximum absolute atomic E-state index is 12.3. The normalized spacial score (nSPS) is 19.2. The van der Waals surface area contributed by atoms with Crippen molar-refractivity contribution in [3.63, 3.8) is 0 Å². The molecule has 1 heterocycles. The van der Waals surface area contributed by atoms with Crippen molar-refractivity contribution in [1.82, 2.24) is 9.62 Å². The van der Waals surface area contributed by atoms with Crippen LogP contribution < -0.4 is 4.72 Å². The van der Waals surface area contributed by atoms with Crippen LogP contribution in [-0.2, 0) is 10.0 Å². The molecule has 0 saturated carbocycles. The Morgan fingerprint density at radius 3 is 2.95 bits per heavy atom. The highest BCUT2D eigenvalue weighted by Gasteiger charge is 2.22. The number of sulfonamides is 1. The number of likely N-dealkylation sites (tertiary alicyclic amines) is 1. The highest BCUT2D eigenvalue weighted by Crippen LogP contribution is 2.15. The van der Waals surface area contributed by atoms with Crippen molar-refractivity contribution in [3.05, 3.63) is 29.8 Å². The van der Waals surface area contributed by atoms with Gasteiger partial charge in [0.25, 0.3) is 0 Å². The fraction of sp³-hybridized carbons (Fsp3) is 0.467. The van der Waals surface area contributed by atoms with Gasteiger partial charge in [-0.05, 0) is 44.1 Å². The van der Waals surface area contributed by atoms with E-state index in [2.05, 4.69) is 21.5 Å². The molecule has 2 rings (SSSR count). The Balaban J connectivity index is 2.05. The van der Waals surface area contributed by atoms with Crippen LogP contribution in [0.15, 0.2) is 29.2 Å². The van der Waals surface area contributed by atoms with Crippen LogP contribution in [0.3, 0.4) is 0 Å². The van der Waals surface area contributed by atoms with E-state index in [1.165, 1.54) is 6.07 Å². The Bertz CT molecular complexity index is 646. The second kappa shape index (κ2) is 7.05. The van der Waals surface area contributed by atoms with Crippen molar-refractivity contribution in [2.24, 2.45) is 5.92 Å². The minimum Gasteiger partial charge on any atom is -0.384 e. The molecule has 0 spiro atoms. The average molecular weight is 308 g/mol. The summed E-state index contributed by atoms with van der Waals surface area (Å²) in [6, 6.07) is 6.44. The minimum absolute atomic E-state index is 0.207. The molecular weight excluding hydrogens is 288 g/mol. The summed E-state index contributed by atoms with van der Waals surface area (Å²) in [5, 5.41) is 8.68. The second-order valence-corrected chi connectivity index (χ2v) is 7.02. The Labute approximate surface area is 126 Å². The molecule has 0 bridgehead atoms. The number of aliphatic hydroxyl groups is 1. The first-order valence-electron chi connectivity index (χ1n) is 6.89. The van der Waals surface area contributed by atoms with Gasteiger partial charge in [-0.1, -0.05) is 17.9 Å². The highest BCUT2D eigenvalue weighted by molar-refractivity contribution is 7.89. The topological polar surface area (TPSA) is 69.6 Å². The molecule has 1 atom stereocenters. The lowest BCUT2D eigenvalue weighted by molar-refractivity contribution is 0.350. The molecule has 1 aliphatic heterocycles. The third-order valence-corrected chi connectivity index (χ3v) is 4.93. The van der Waals surface area contributed by atoms with Crippen molar-refractivity contribution < 1.29 is 13.5 Å². The van der Waals surface area contributed by atoms with Crippen LogP contribution in [0, 0.1) is 17.8 Å². The quantitative estimate of drug-likeness (QED) is 0.783. The molecule has 2 N–H and O–H groups in total. The molecule has 0 aromatic heterocycles. The average Bonchev–Trinajstić information content (AvgIpc) is 2.89. The Kier molecular flexibility index (Phi) is 5.37. The fourth-order valence-electron chi connectivity index (χ4n) is 2.39. The van der Waals surface area contributed by atoms with Gasteiger partial charge in [0.2, 0.25) is 10.0 Å². The van der Waals surface area contributed by atoms with Gasteiger partial charge < -0.3 is 10.0 Å². The maximum atomic E-state index is 12.3. The molecular formula is C15H20N2O3S. The van der Waals surface area contributed by atoms with Gasteiger partial charge in [-0.3, -0.25) is 0 Å². The Morgan fingerprint density at radius 1 is 1.48 bits per heavy atom. The van der Waals surface area contributed by atoms with Gasteiger partial charge in [0.1, 0.15) is 6.61 Å². The Morgan fingerprint density at radius 2 is 2.29 bits per heavy atom. The number of nitrogens with zero attached hydrogens (tertiary/aromatic N) is 1. The number of benzene rings is 1. The number of nitrogens with one attached hydrogen (secondary N) is 1. The van der Waals surface area contributed by atoms with Crippen molar-refractivity contribution in [3.8, 4) is 11.8 Å². The van der Waals surface area contributed by atoms with E-state index in [1.807, 2.05) is 7.05 Å². The molecule has 1 aromatic rings. The molecule has 0 radical (unpaired) electrons. The van der Waals surface area contributed by atoms with E-state index in [1.54, 1.807) is 18.2 Å². The fourth-order valence-corrected chi connectivity index (χ4v) is 3.55. The molecule has 1 aromatic carbocycles. The van der Waals surface area contributed by atoms with E-state index in [0.29, 0.717) is 18.0 Å². The van der Waals surface area contributed by atoms with Gasteiger partial charge in [-0.2, -0.15) is 0 Å². The summed E-state index contributed by atoms with van der Waals surface area (Å²) >= 11 is 0. The lowest BCUT2D eigenvalue weighted by Crippen LogP contribution is -2.30. The molecule has 1 fully saturated rings. The number of hydrogen-bond acceptors (Lipinski definition) is 4. The zero-order valence-electron chi connectivity index (χ0n) is 12.0. The molecule has 1 unspecified atom stereocenters.